The van der Waals surface area contributed by atoms with E-state index in [1.165, 1.54) is 0 Å². The molecule has 1 aromatic heterocycles. The molecular formula is C39H53N3O6. The fourth-order valence-electron chi connectivity index (χ4n) is 7.39. The van der Waals surface area contributed by atoms with Crippen LogP contribution in [-0.2, 0) is 6.42 Å². The summed E-state index contributed by atoms with van der Waals surface area (Å²) in [5.41, 5.74) is 9.02. The summed E-state index contributed by atoms with van der Waals surface area (Å²) >= 11 is 0. The molecule has 3 aliphatic rings. The lowest BCUT2D eigenvalue weighted by Crippen LogP contribution is -2.37. The van der Waals surface area contributed by atoms with Crippen molar-refractivity contribution >= 4 is 0 Å². The highest BCUT2D eigenvalue weighted by Gasteiger charge is 2.36. The van der Waals surface area contributed by atoms with E-state index in [0.29, 0.717) is 44.0 Å². The SMILES string of the molecule is CCC1C#CC2C=CC(c3ccc(O)c(OC(CC(Cc4ccc[nH]4)C4=CCNC(N)=C4)C(O)CCO)c3)CC(O)C2C(O)CCCC1. The molecule has 0 amide bonds. The number of aliphatic hydroxyl groups excluding tert-OH is 4. The molecule has 9 unspecified atom stereocenters. The maximum Gasteiger partial charge on any atom is 0.161 e. The maximum atomic E-state index is 11.5. The van der Waals surface area contributed by atoms with Gasteiger partial charge in [-0.3, -0.25) is 0 Å². The lowest BCUT2D eigenvalue weighted by molar-refractivity contribution is -0.00707. The average Bonchev–Trinajstić information content (AvgIpc) is 3.53. The van der Waals surface area contributed by atoms with Gasteiger partial charge in [-0.25, -0.2) is 0 Å². The summed E-state index contributed by atoms with van der Waals surface area (Å²) < 4.78 is 6.45. The third-order valence-electron chi connectivity index (χ3n) is 10.2. The van der Waals surface area contributed by atoms with Gasteiger partial charge in [0.25, 0.3) is 0 Å². The molecule has 5 rings (SSSR count). The molecule has 0 bridgehead atoms. The number of fused-ring (bicyclic) bond motifs is 1. The smallest absolute Gasteiger partial charge is 0.161 e. The number of aromatic amines is 1. The number of aliphatic hydroxyl groups is 4. The number of ether oxygens (including phenoxy) is 1. The zero-order chi connectivity index (χ0) is 34.0. The Bertz CT molecular complexity index is 1470. The van der Waals surface area contributed by atoms with Gasteiger partial charge < -0.3 is 46.3 Å². The van der Waals surface area contributed by atoms with E-state index in [-0.39, 0.29) is 48.2 Å². The molecule has 9 heteroatoms. The van der Waals surface area contributed by atoms with Crippen molar-refractivity contribution in [2.24, 2.45) is 29.4 Å². The molecule has 1 aromatic carbocycles. The first-order valence-electron chi connectivity index (χ1n) is 17.6. The van der Waals surface area contributed by atoms with Crippen molar-refractivity contribution in [2.45, 2.75) is 95.0 Å². The van der Waals surface area contributed by atoms with E-state index in [1.807, 2.05) is 36.5 Å². The van der Waals surface area contributed by atoms with Gasteiger partial charge in [0.2, 0.25) is 0 Å². The van der Waals surface area contributed by atoms with E-state index < -0.39 is 24.4 Å². The van der Waals surface area contributed by atoms with Crippen LogP contribution in [0.4, 0.5) is 0 Å². The zero-order valence-corrected chi connectivity index (χ0v) is 28.0. The number of hydrogen-bond donors (Lipinski definition) is 8. The van der Waals surface area contributed by atoms with Gasteiger partial charge in [-0.15, -0.1) is 0 Å². The van der Waals surface area contributed by atoms with Crippen molar-refractivity contribution in [3.63, 3.8) is 0 Å². The highest BCUT2D eigenvalue weighted by Crippen LogP contribution is 2.40. The Morgan fingerprint density at radius 3 is 2.67 bits per heavy atom. The Kier molecular flexibility index (Phi) is 12.7. The van der Waals surface area contributed by atoms with Gasteiger partial charge in [0.05, 0.1) is 24.1 Å². The van der Waals surface area contributed by atoms with E-state index >= 15 is 0 Å². The second kappa shape index (κ2) is 17.1. The number of phenols is 1. The first-order chi connectivity index (χ1) is 23.2. The van der Waals surface area contributed by atoms with E-state index in [0.717, 1.165) is 42.5 Å². The molecule has 260 valence electrons. The average molecular weight is 660 g/mol. The Morgan fingerprint density at radius 1 is 1.08 bits per heavy atom. The second-order valence-electron chi connectivity index (χ2n) is 13.6. The number of nitrogens with one attached hydrogen (secondary N) is 2. The highest BCUT2D eigenvalue weighted by atomic mass is 16.5. The lowest BCUT2D eigenvalue weighted by atomic mass is 9.79. The summed E-state index contributed by atoms with van der Waals surface area (Å²) in [6, 6.07) is 9.14. The standard InChI is InChI=1S/C39H53N3O6/c1-2-25-6-3-4-8-34(46)39-26(10-9-25)11-12-27(21-35(39)47)28-13-14-32(44)36(22-28)48-37(33(45)16-19-43)23-30(20-31-7-5-17-41-31)29-15-18-42-38(40)24-29/h5,7,11-15,17,22,24-27,30,33-35,37,39,41-47H,2-4,6,8,16,18-21,23,40H2,1H3. The molecule has 9 nitrogen and oxygen atoms in total. The number of rotatable bonds is 12. The number of H-pyrrole nitrogens is 1. The first-order valence-corrected chi connectivity index (χ1v) is 17.6. The molecule has 1 aliphatic heterocycles. The molecule has 2 aliphatic carbocycles. The van der Waals surface area contributed by atoms with Crippen molar-refractivity contribution in [2.75, 3.05) is 13.2 Å². The zero-order valence-electron chi connectivity index (χ0n) is 28.0. The monoisotopic (exact) mass is 659 g/mol. The van der Waals surface area contributed by atoms with E-state index in [2.05, 4.69) is 41.2 Å². The summed E-state index contributed by atoms with van der Waals surface area (Å²) in [7, 11) is 0. The van der Waals surface area contributed by atoms with E-state index in [1.54, 1.807) is 12.1 Å². The van der Waals surface area contributed by atoms with Crippen LogP contribution in [0, 0.1) is 35.5 Å². The topological polar surface area (TPSA) is 164 Å². The normalized spacial score (nSPS) is 27.9. The number of nitrogens with two attached hydrogens (primary N) is 1. The molecule has 9 atom stereocenters. The van der Waals surface area contributed by atoms with Crippen molar-refractivity contribution in [1.29, 1.82) is 0 Å². The van der Waals surface area contributed by atoms with Gasteiger partial charge in [-0.05, 0) is 85.9 Å². The minimum atomic E-state index is -0.997. The van der Waals surface area contributed by atoms with Crippen molar-refractivity contribution in [1.82, 2.24) is 10.3 Å². The number of phenolic OH excluding ortho intramolecular Hbond substituents is 1. The van der Waals surface area contributed by atoms with Gasteiger partial charge in [0.15, 0.2) is 11.5 Å². The summed E-state index contributed by atoms with van der Waals surface area (Å²) in [6.07, 6.45) is 12.9. The van der Waals surface area contributed by atoms with Crippen LogP contribution >= 0.6 is 0 Å². The Labute approximate surface area is 284 Å². The molecular weight excluding hydrogens is 606 g/mol. The molecule has 9 N–H and O–H groups in total. The Morgan fingerprint density at radius 2 is 1.92 bits per heavy atom. The van der Waals surface area contributed by atoms with Crippen LogP contribution in [0.15, 0.2) is 72.2 Å². The van der Waals surface area contributed by atoms with Crippen LogP contribution in [0.1, 0.15) is 75.5 Å². The van der Waals surface area contributed by atoms with Gasteiger partial charge in [0.1, 0.15) is 6.10 Å². The quantitative estimate of drug-likeness (QED) is 0.123. The second-order valence-corrected chi connectivity index (χ2v) is 13.6. The van der Waals surface area contributed by atoms with Gasteiger partial charge >= 0.3 is 0 Å². The summed E-state index contributed by atoms with van der Waals surface area (Å²) in [4.78, 5) is 3.27. The van der Waals surface area contributed by atoms with Crippen molar-refractivity contribution < 1.29 is 30.3 Å². The minimum Gasteiger partial charge on any atom is -0.504 e. The third kappa shape index (κ3) is 9.26. The molecule has 0 saturated heterocycles. The molecule has 0 spiro atoms. The molecule has 0 fully saturated rings. The Hall–Kier alpha value is -3.68. The minimum absolute atomic E-state index is 0.0646. The van der Waals surface area contributed by atoms with Gasteiger partial charge in [-0.1, -0.05) is 55.9 Å². The van der Waals surface area contributed by atoms with Crippen molar-refractivity contribution in [3.8, 4) is 23.3 Å². The van der Waals surface area contributed by atoms with Crippen LogP contribution in [0.5, 0.6) is 11.5 Å². The van der Waals surface area contributed by atoms with Crippen LogP contribution in [-0.4, -0.2) is 68.1 Å². The first kappa shape index (κ1) is 35.6. The van der Waals surface area contributed by atoms with Gasteiger partial charge in [0, 0.05) is 55.1 Å². The molecule has 2 aromatic rings. The van der Waals surface area contributed by atoms with Crippen LogP contribution in [0.2, 0.25) is 0 Å². The molecule has 2 heterocycles. The fraction of sp³-hybridized carbons (Fsp3) is 0.538. The Balaban J connectivity index is 1.41. The number of aromatic nitrogens is 1. The van der Waals surface area contributed by atoms with E-state index in [9.17, 15) is 25.5 Å². The van der Waals surface area contributed by atoms with E-state index in [4.69, 9.17) is 10.5 Å². The lowest BCUT2D eigenvalue weighted by Gasteiger charge is -2.31. The highest BCUT2D eigenvalue weighted by molar-refractivity contribution is 5.44. The summed E-state index contributed by atoms with van der Waals surface area (Å²) in [6.45, 7) is 2.54. The maximum absolute atomic E-state index is 11.5. The van der Waals surface area contributed by atoms with Crippen molar-refractivity contribution in [3.05, 3.63) is 83.5 Å². The number of benzene rings is 1. The fourth-order valence-corrected chi connectivity index (χ4v) is 7.39. The van der Waals surface area contributed by atoms with Crippen LogP contribution in [0.3, 0.4) is 0 Å². The van der Waals surface area contributed by atoms with Crippen LogP contribution < -0.4 is 15.8 Å². The van der Waals surface area contributed by atoms with Crippen LogP contribution in [0.25, 0.3) is 0 Å². The van der Waals surface area contributed by atoms with Gasteiger partial charge in [-0.2, -0.15) is 0 Å². The number of aromatic hydroxyl groups is 1. The number of hydrogen-bond acceptors (Lipinski definition) is 8. The molecule has 48 heavy (non-hydrogen) atoms. The predicted octanol–water partition coefficient (Wildman–Crippen LogP) is 4.39. The summed E-state index contributed by atoms with van der Waals surface area (Å²) in [5, 5.41) is 57.7. The summed E-state index contributed by atoms with van der Waals surface area (Å²) in [5.74, 6) is 6.97. The predicted molar refractivity (Wildman–Crippen MR) is 187 cm³/mol. The number of dihydropyridines is 1. The largest absolute Gasteiger partial charge is 0.504 e. The molecule has 0 saturated carbocycles. The number of allylic oxidation sites excluding steroid dienone is 4. The molecule has 0 radical (unpaired) electrons. The third-order valence-corrected chi connectivity index (χ3v) is 10.2.